The Morgan fingerprint density at radius 2 is 1.85 bits per heavy atom. The van der Waals surface area contributed by atoms with Crippen molar-refractivity contribution in [1.29, 1.82) is 0 Å². The first kappa shape index (κ1) is 10.2. The zero-order valence-corrected chi connectivity index (χ0v) is 8.16. The Hall–Kier alpha value is -0.860. The molecule has 0 aliphatic rings. The average Bonchev–Trinajstić information content (AvgIpc) is 2.18. The average molecular weight is 178 g/mol. The Balaban J connectivity index is 2.67. The molecule has 1 aromatic rings. The topological polar surface area (TPSA) is 52.0 Å². The summed E-state index contributed by atoms with van der Waals surface area (Å²) in [5, 5.41) is 0. The maximum Gasteiger partial charge on any atom is 0.0306 e. The van der Waals surface area contributed by atoms with Gasteiger partial charge < -0.3 is 11.5 Å². The number of benzene rings is 1. The van der Waals surface area contributed by atoms with E-state index in [0.29, 0.717) is 6.54 Å². The smallest absolute Gasteiger partial charge is 0.0306 e. The van der Waals surface area contributed by atoms with Crippen molar-refractivity contribution in [2.75, 3.05) is 6.54 Å². The van der Waals surface area contributed by atoms with Crippen molar-refractivity contribution in [3.63, 3.8) is 0 Å². The number of hydrogen-bond donors (Lipinski definition) is 2. The molecule has 0 fully saturated rings. The van der Waals surface area contributed by atoms with E-state index >= 15 is 0 Å². The normalized spacial score (nSPS) is 12.8. The van der Waals surface area contributed by atoms with E-state index in [9.17, 15) is 0 Å². The molecule has 0 saturated carbocycles. The minimum atomic E-state index is 0.0934. The van der Waals surface area contributed by atoms with Crippen LogP contribution in [0.25, 0.3) is 0 Å². The van der Waals surface area contributed by atoms with Gasteiger partial charge in [0.1, 0.15) is 0 Å². The third kappa shape index (κ3) is 2.83. The zero-order valence-electron chi connectivity index (χ0n) is 8.16. The van der Waals surface area contributed by atoms with Crippen molar-refractivity contribution in [1.82, 2.24) is 0 Å². The quantitative estimate of drug-likeness (QED) is 0.735. The summed E-state index contributed by atoms with van der Waals surface area (Å²) < 4.78 is 0. The zero-order chi connectivity index (χ0) is 9.68. The molecular formula is C11H18N2. The van der Waals surface area contributed by atoms with Gasteiger partial charge in [-0.25, -0.2) is 0 Å². The first-order valence-corrected chi connectivity index (χ1v) is 4.82. The lowest BCUT2D eigenvalue weighted by molar-refractivity contribution is 0.661. The lowest BCUT2D eigenvalue weighted by Crippen LogP contribution is -2.15. The molecule has 0 spiro atoms. The maximum atomic E-state index is 5.92. The van der Waals surface area contributed by atoms with E-state index in [1.54, 1.807) is 0 Å². The van der Waals surface area contributed by atoms with Crippen LogP contribution in [0.2, 0.25) is 0 Å². The van der Waals surface area contributed by atoms with Crippen LogP contribution in [0.3, 0.4) is 0 Å². The summed E-state index contributed by atoms with van der Waals surface area (Å²) in [4.78, 5) is 0. The van der Waals surface area contributed by atoms with Crippen LogP contribution < -0.4 is 11.5 Å². The van der Waals surface area contributed by atoms with Crippen molar-refractivity contribution in [3.05, 3.63) is 35.4 Å². The van der Waals surface area contributed by atoms with Crippen LogP contribution in [0.4, 0.5) is 0 Å². The van der Waals surface area contributed by atoms with Gasteiger partial charge in [0.2, 0.25) is 0 Å². The molecule has 72 valence electrons. The first-order valence-electron chi connectivity index (χ1n) is 4.82. The molecule has 0 unspecified atom stereocenters. The molecule has 4 N–H and O–H groups in total. The van der Waals surface area contributed by atoms with E-state index < -0.39 is 0 Å². The molecule has 0 saturated heterocycles. The predicted molar refractivity (Wildman–Crippen MR) is 56.4 cm³/mol. The third-order valence-electron chi connectivity index (χ3n) is 2.29. The minimum absolute atomic E-state index is 0.0934. The number of rotatable bonds is 4. The highest BCUT2D eigenvalue weighted by molar-refractivity contribution is 5.24. The first-order chi connectivity index (χ1) is 6.27. The molecule has 0 aromatic heterocycles. The van der Waals surface area contributed by atoms with Gasteiger partial charge in [-0.1, -0.05) is 31.2 Å². The van der Waals surface area contributed by atoms with Crippen LogP contribution in [0.15, 0.2) is 24.3 Å². The third-order valence-corrected chi connectivity index (χ3v) is 2.29. The van der Waals surface area contributed by atoms with E-state index in [4.69, 9.17) is 11.5 Å². The summed E-state index contributed by atoms with van der Waals surface area (Å²) in [7, 11) is 0. The summed E-state index contributed by atoms with van der Waals surface area (Å²) in [6.45, 7) is 2.80. The van der Waals surface area contributed by atoms with Crippen LogP contribution in [-0.2, 0) is 6.42 Å². The van der Waals surface area contributed by atoms with Crippen molar-refractivity contribution in [2.24, 2.45) is 11.5 Å². The van der Waals surface area contributed by atoms with E-state index in [1.165, 1.54) is 11.1 Å². The molecule has 0 amide bonds. The molecule has 1 aromatic carbocycles. The van der Waals surface area contributed by atoms with E-state index in [0.717, 1.165) is 12.8 Å². The van der Waals surface area contributed by atoms with Gasteiger partial charge >= 0.3 is 0 Å². The molecule has 2 heteroatoms. The summed E-state index contributed by atoms with van der Waals surface area (Å²) in [5.41, 5.74) is 13.9. The summed E-state index contributed by atoms with van der Waals surface area (Å²) >= 11 is 0. The van der Waals surface area contributed by atoms with Gasteiger partial charge in [-0.3, -0.25) is 0 Å². The van der Waals surface area contributed by atoms with Gasteiger partial charge in [0, 0.05) is 6.04 Å². The maximum absolute atomic E-state index is 5.92. The van der Waals surface area contributed by atoms with Crippen molar-refractivity contribution >= 4 is 0 Å². The summed E-state index contributed by atoms with van der Waals surface area (Å²) in [6.07, 6.45) is 1.93. The van der Waals surface area contributed by atoms with E-state index in [2.05, 4.69) is 31.2 Å². The van der Waals surface area contributed by atoms with Crippen LogP contribution in [-0.4, -0.2) is 6.54 Å². The summed E-state index contributed by atoms with van der Waals surface area (Å²) in [5.74, 6) is 0. The molecule has 13 heavy (non-hydrogen) atoms. The predicted octanol–water partition coefficient (Wildman–Crippen LogP) is 1.60. The molecular weight excluding hydrogens is 160 g/mol. The largest absolute Gasteiger partial charge is 0.330 e. The molecule has 0 bridgehead atoms. The van der Waals surface area contributed by atoms with Gasteiger partial charge in [0.15, 0.2) is 0 Å². The van der Waals surface area contributed by atoms with Gasteiger partial charge in [0.25, 0.3) is 0 Å². The Bertz CT molecular complexity index is 241. The van der Waals surface area contributed by atoms with Gasteiger partial charge in [-0.2, -0.15) is 0 Å². The van der Waals surface area contributed by atoms with Crippen molar-refractivity contribution in [3.8, 4) is 0 Å². The fraction of sp³-hybridized carbons (Fsp3) is 0.455. The highest BCUT2D eigenvalue weighted by Gasteiger charge is 2.03. The second-order valence-electron chi connectivity index (χ2n) is 3.28. The van der Waals surface area contributed by atoms with Crippen molar-refractivity contribution < 1.29 is 0 Å². The fourth-order valence-electron chi connectivity index (χ4n) is 1.35. The Morgan fingerprint density at radius 1 is 1.23 bits per heavy atom. The summed E-state index contributed by atoms with van der Waals surface area (Å²) in [6, 6.07) is 8.55. The molecule has 1 atom stereocenters. The Labute approximate surface area is 79.9 Å². The van der Waals surface area contributed by atoms with Crippen LogP contribution in [0, 0.1) is 0 Å². The lowest BCUT2D eigenvalue weighted by Gasteiger charge is -2.10. The lowest BCUT2D eigenvalue weighted by atomic mass is 10.0. The van der Waals surface area contributed by atoms with Gasteiger partial charge in [-0.05, 0) is 30.5 Å². The molecule has 0 heterocycles. The van der Waals surface area contributed by atoms with E-state index in [-0.39, 0.29) is 6.04 Å². The number of hydrogen-bond acceptors (Lipinski definition) is 2. The van der Waals surface area contributed by atoms with Crippen LogP contribution in [0.5, 0.6) is 0 Å². The van der Waals surface area contributed by atoms with Crippen molar-refractivity contribution in [2.45, 2.75) is 25.8 Å². The number of aryl methyl sites for hydroxylation is 1. The Kier molecular flexibility index (Phi) is 3.93. The second-order valence-corrected chi connectivity index (χ2v) is 3.28. The molecule has 0 aliphatic heterocycles. The van der Waals surface area contributed by atoms with Gasteiger partial charge in [0.05, 0.1) is 0 Å². The molecule has 1 rings (SSSR count). The monoisotopic (exact) mass is 178 g/mol. The minimum Gasteiger partial charge on any atom is -0.330 e. The fourth-order valence-corrected chi connectivity index (χ4v) is 1.35. The van der Waals surface area contributed by atoms with Crippen LogP contribution in [0.1, 0.15) is 30.5 Å². The second kappa shape index (κ2) is 5.00. The SMILES string of the molecule is CCc1ccc([C@@H](N)CCN)cc1. The molecule has 2 nitrogen and oxygen atoms in total. The Morgan fingerprint density at radius 3 is 2.31 bits per heavy atom. The van der Waals surface area contributed by atoms with E-state index in [1.807, 2.05) is 0 Å². The molecule has 0 aliphatic carbocycles. The highest BCUT2D eigenvalue weighted by atomic mass is 14.7. The highest BCUT2D eigenvalue weighted by Crippen LogP contribution is 2.14. The molecule has 0 radical (unpaired) electrons. The number of nitrogens with two attached hydrogens (primary N) is 2. The standard InChI is InChI=1S/C11H18N2/c1-2-9-3-5-10(6-4-9)11(13)7-8-12/h3-6,11H,2,7-8,12-13H2,1H3/t11-/m0/s1. The van der Waals surface area contributed by atoms with Crippen LogP contribution >= 0.6 is 0 Å². The van der Waals surface area contributed by atoms with Gasteiger partial charge in [-0.15, -0.1) is 0 Å².